The summed E-state index contributed by atoms with van der Waals surface area (Å²) in [6, 6.07) is 10.2. The van der Waals surface area contributed by atoms with Crippen molar-refractivity contribution in [1.82, 2.24) is 4.90 Å². The molecule has 2 aromatic carbocycles. The molecule has 0 atom stereocenters. The first-order chi connectivity index (χ1) is 15.5. The summed E-state index contributed by atoms with van der Waals surface area (Å²) in [6.07, 6.45) is 0.951. The predicted molar refractivity (Wildman–Crippen MR) is 127 cm³/mol. The molecule has 2 aromatic rings. The van der Waals surface area contributed by atoms with Crippen molar-refractivity contribution in [2.24, 2.45) is 11.7 Å². The summed E-state index contributed by atoms with van der Waals surface area (Å²) >= 11 is 0. The standard InChI is InChI=1S/C24H31N3O5S/c1-16-5-8-21(32-4)22(13-16)33(30,31)27(20-7-6-17(2)18(3)14-20)15-23(28)26-11-9-19(10-12-26)24(25)29/h5-8,13-14,19H,9-12,15H2,1-4H3,(H2,25,29). The summed E-state index contributed by atoms with van der Waals surface area (Å²) in [6.45, 7) is 6.00. The van der Waals surface area contributed by atoms with Crippen molar-refractivity contribution in [2.75, 3.05) is 31.0 Å². The smallest absolute Gasteiger partial charge is 0.268 e. The summed E-state index contributed by atoms with van der Waals surface area (Å²) < 4.78 is 34.1. The van der Waals surface area contributed by atoms with Crippen molar-refractivity contribution in [1.29, 1.82) is 0 Å². The molecule has 9 heteroatoms. The molecule has 8 nitrogen and oxygen atoms in total. The number of hydrogen-bond donors (Lipinski definition) is 1. The number of nitrogens with zero attached hydrogens (tertiary/aromatic N) is 2. The molecule has 0 aromatic heterocycles. The van der Waals surface area contributed by atoms with Gasteiger partial charge in [-0.05, 0) is 74.6 Å². The maximum Gasteiger partial charge on any atom is 0.268 e. The highest BCUT2D eigenvalue weighted by molar-refractivity contribution is 7.93. The zero-order chi connectivity index (χ0) is 24.3. The molecule has 0 spiro atoms. The van der Waals surface area contributed by atoms with Crippen LogP contribution in [0.4, 0.5) is 5.69 Å². The molecule has 0 bridgehead atoms. The number of carbonyl (C=O) groups is 2. The lowest BCUT2D eigenvalue weighted by molar-refractivity contribution is -0.133. The number of aryl methyl sites for hydroxylation is 3. The van der Waals surface area contributed by atoms with Gasteiger partial charge in [-0.1, -0.05) is 12.1 Å². The number of benzene rings is 2. The van der Waals surface area contributed by atoms with Crippen LogP contribution in [0.15, 0.2) is 41.3 Å². The molecule has 1 fully saturated rings. The number of methoxy groups -OCH3 is 1. The van der Waals surface area contributed by atoms with E-state index in [4.69, 9.17) is 10.5 Å². The molecule has 2 N–H and O–H groups in total. The first kappa shape index (κ1) is 24.6. The molecule has 33 heavy (non-hydrogen) atoms. The Hall–Kier alpha value is -3.07. The van der Waals surface area contributed by atoms with Crippen molar-refractivity contribution >= 4 is 27.5 Å². The highest BCUT2D eigenvalue weighted by Crippen LogP contribution is 2.32. The lowest BCUT2D eigenvalue weighted by Gasteiger charge is -2.33. The van der Waals surface area contributed by atoms with E-state index in [-0.39, 0.29) is 34.9 Å². The SMILES string of the molecule is COc1ccc(C)cc1S(=O)(=O)N(CC(=O)N1CCC(C(N)=O)CC1)c1ccc(C)c(C)c1. The molecule has 2 amide bonds. The van der Waals surface area contributed by atoms with E-state index >= 15 is 0 Å². The Kier molecular flexibility index (Phi) is 7.31. The topological polar surface area (TPSA) is 110 Å². The second-order valence-corrected chi connectivity index (χ2v) is 10.3. The Morgan fingerprint density at radius 2 is 1.73 bits per heavy atom. The van der Waals surface area contributed by atoms with E-state index in [1.807, 2.05) is 19.9 Å². The highest BCUT2D eigenvalue weighted by Gasteiger charge is 2.33. The van der Waals surface area contributed by atoms with Crippen LogP contribution in [-0.4, -0.2) is 51.9 Å². The number of nitrogens with two attached hydrogens (primary N) is 1. The predicted octanol–water partition coefficient (Wildman–Crippen LogP) is 2.54. The zero-order valence-corrected chi connectivity index (χ0v) is 20.3. The monoisotopic (exact) mass is 473 g/mol. The maximum absolute atomic E-state index is 13.8. The van der Waals surface area contributed by atoms with Crippen molar-refractivity contribution in [3.05, 3.63) is 53.1 Å². The molecule has 178 valence electrons. The molecule has 0 aliphatic carbocycles. The molecule has 0 saturated carbocycles. The minimum Gasteiger partial charge on any atom is -0.495 e. The van der Waals surface area contributed by atoms with Gasteiger partial charge in [-0.15, -0.1) is 0 Å². The third-order valence-corrected chi connectivity index (χ3v) is 7.99. The van der Waals surface area contributed by atoms with E-state index < -0.39 is 10.0 Å². The van der Waals surface area contributed by atoms with Gasteiger partial charge in [0.1, 0.15) is 17.2 Å². The summed E-state index contributed by atoms with van der Waals surface area (Å²) in [4.78, 5) is 26.2. The van der Waals surface area contributed by atoms with Crippen LogP contribution in [0.5, 0.6) is 5.75 Å². The second kappa shape index (κ2) is 9.82. The normalized spacial score (nSPS) is 14.7. The maximum atomic E-state index is 13.8. The minimum atomic E-state index is -4.12. The number of carbonyl (C=O) groups excluding carboxylic acids is 2. The number of likely N-dealkylation sites (tertiary alicyclic amines) is 1. The number of piperidine rings is 1. The molecular formula is C24H31N3O5S. The molecule has 1 aliphatic heterocycles. The summed E-state index contributed by atoms with van der Waals surface area (Å²) in [5.74, 6) is -0.742. The Balaban J connectivity index is 1.99. The van der Waals surface area contributed by atoms with Gasteiger partial charge in [-0.25, -0.2) is 8.42 Å². The highest BCUT2D eigenvalue weighted by atomic mass is 32.2. The van der Waals surface area contributed by atoms with Gasteiger partial charge in [0.2, 0.25) is 11.8 Å². The first-order valence-electron chi connectivity index (χ1n) is 10.9. The van der Waals surface area contributed by atoms with Crippen LogP contribution in [0.25, 0.3) is 0 Å². The van der Waals surface area contributed by atoms with Crippen molar-refractivity contribution < 1.29 is 22.7 Å². The molecule has 0 radical (unpaired) electrons. The van der Waals surface area contributed by atoms with Crippen LogP contribution >= 0.6 is 0 Å². The fraction of sp³-hybridized carbons (Fsp3) is 0.417. The van der Waals surface area contributed by atoms with Gasteiger partial charge in [0.05, 0.1) is 12.8 Å². The van der Waals surface area contributed by atoms with E-state index in [2.05, 4.69) is 0 Å². The van der Waals surface area contributed by atoms with Crippen LogP contribution in [0.2, 0.25) is 0 Å². The number of amides is 2. The molecule has 3 rings (SSSR count). The third kappa shape index (κ3) is 5.30. The number of rotatable bonds is 7. The molecule has 1 heterocycles. The second-order valence-electron chi connectivity index (χ2n) is 8.49. The quantitative estimate of drug-likeness (QED) is 0.665. The fourth-order valence-corrected chi connectivity index (χ4v) is 5.59. The lowest BCUT2D eigenvalue weighted by Crippen LogP contribution is -2.47. The summed E-state index contributed by atoms with van der Waals surface area (Å²) in [5, 5.41) is 0. The van der Waals surface area contributed by atoms with Gasteiger partial charge in [-0.2, -0.15) is 0 Å². The largest absolute Gasteiger partial charge is 0.495 e. The van der Waals surface area contributed by atoms with Crippen LogP contribution in [0.1, 0.15) is 29.5 Å². The van der Waals surface area contributed by atoms with Gasteiger partial charge < -0.3 is 15.4 Å². The van der Waals surface area contributed by atoms with Crippen LogP contribution in [-0.2, 0) is 19.6 Å². The van der Waals surface area contributed by atoms with Gasteiger partial charge in [0, 0.05) is 19.0 Å². The number of ether oxygens (including phenoxy) is 1. The molecule has 0 unspecified atom stereocenters. The van der Waals surface area contributed by atoms with Gasteiger partial charge in [0.15, 0.2) is 0 Å². The zero-order valence-electron chi connectivity index (χ0n) is 19.5. The van der Waals surface area contributed by atoms with Crippen LogP contribution in [0.3, 0.4) is 0 Å². The van der Waals surface area contributed by atoms with Gasteiger partial charge >= 0.3 is 0 Å². The van der Waals surface area contributed by atoms with E-state index in [9.17, 15) is 18.0 Å². The number of anilines is 1. The Morgan fingerprint density at radius 1 is 1.06 bits per heavy atom. The van der Waals surface area contributed by atoms with E-state index in [0.717, 1.165) is 21.0 Å². The van der Waals surface area contributed by atoms with Crippen molar-refractivity contribution in [3.63, 3.8) is 0 Å². The van der Waals surface area contributed by atoms with Crippen molar-refractivity contribution in [2.45, 2.75) is 38.5 Å². The minimum absolute atomic E-state index is 0.00321. The number of sulfonamides is 1. The van der Waals surface area contributed by atoms with Crippen LogP contribution in [0, 0.1) is 26.7 Å². The third-order valence-electron chi connectivity index (χ3n) is 6.19. The van der Waals surface area contributed by atoms with E-state index in [1.54, 1.807) is 42.2 Å². The van der Waals surface area contributed by atoms with E-state index in [1.165, 1.54) is 7.11 Å². The fourth-order valence-electron chi connectivity index (χ4n) is 3.94. The number of primary amides is 1. The average Bonchev–Trinajstić information content (AvgIpc) is 2.79. The average molecular weight is 474 g/mol. The Bertz CT molecular complexity index is 1150. The lowest BCUT2D eigenvalue weighted by atomic mass is 9.96. The summed E-state index contributed by atoms with van der Waals surface area (Å²) in [7, 11) is -2.71. The summed E-state index contributed by atoms with van der Waals surface area (Å²) in [5.41, 5.74) is 8.49. The van der Waals surface area contributed by atoms with Gasteiger partial charge in [0.25, 0.3) is 10.0 Å². The van der Waals surface area contributed by atoms with Crippen molar-refractivity contribution in [3.8, 4) is 5.75 Å². The molecular weight excluding hydrogens is 442 g/mol. The Morgan fingerprint density at radius 3 is 2.30 bits per heavy atom. The molecule has 1 saturated heterocycles. The first-order valence-corrected chi connectivity index (χ1v) is 12.3. The molecule has 1 aliphatic rings. The van der Waals surface area contributed by atoms with Crippen LogP contribution < -0.4 is 14.8 Å². The number of hydrogen-bond acceptors (Lipinski definition) is 5. The van der Waals surface area contributed by atoms with Gasteiger partial charge in [-0.3, -0.25) is 13.9 Å². The Labute approximate surface area is 195 Å². The van der Waals surface area contributed by atoms with E-state index in [0.29, 0.717) is 31.6 Å².